The highest BCUT2D eigenvalue weighted by Gasteiger charge is 1.99. The number of hydrogen-bond acceptors (Lipinski definition) is 5. The first-order valence-corrected chi connectivity index (χ1v) is 2.25. The summed E-state index contributed by atoms with van der Waals surface area (Å²) in [6.07, 6.45) is 0. The Morgan fingerprint density at radius 1 is 1.78 bits per heavy atom. The van der Waals surface area contributed by atoms with Gasteiger partial charge in [0.2, 0.25) is 0 Å². The highest BCUT2D eigenvalue weighted by molar-refractivity contribution is 5.71. The van der Waals surface area contributed by atoms with E-state index in [1.54, 1.807) is 7.05 Å². The Balaban J connectivity index is 3.16. The van der Waals surface area contributed by atoms with Crippen LogP contribution in [0.25, 0.3) is 0 Å². The van der Waals surface area contributed by atoms with Crippen LogP contribution in [0.2, 0.25) is 0 Å². The molecule has 52 valence electrons. The number of rotatable bonds is 4. The molecule has 5 heteroatoms. The van der Waals surface area contributed by atoms with Crippen molar-refractivity contribution >= 4 is 12.4 Å². The number of carbonyl (C=O) groups is 2. The third-order valence-electron chi connectivity index (χ3n) is 0.501. The molecule has 0 unspecified atom stereocenters. The molecule has 0 spiro atoms. The van der Waals surface area contributed by atoms with E-state index < -0.39 is 5.97 Å². The Morgan fingerprint density at radius 2 is 2.44 bits per heavy atom. The van der Waals surface area contributed by atoms with Gasteiger partial charge in [0, 0.05) is 0 Å². The average molecular weight is 133 g/mol. The zero-order valence-corrected chi connectivity index (χ0v) is 4.92. The molecule has 0 aromatic heterocycles. The van der Waals surface area contributed by atoms with Gasteiger partial charge in [-0.1, -0.05) is 0 Å². The smallest absolute Gasteiger partial charge is 0.310 e. The second-order valence-corrected chi connectivity index (χ2v) is 1.18. The lowest BCUT2D eigenvalue weighted by molar-refractivity contribution is -0.247. The average Bonchev–Trinajstić information content (AvgIpc) is 1.85. The number of hydrogen-bond donors (Lipinski definition) is 1. The minimum absolute atomic E-state index is 0.0217. The van der Waals surface area contributed by atoms with E-state index in [-0.39, 0.29) is 13.0 Å². The van der Waals surface area contributed by atoms with Crippen LogP contribution in [-0.2, 0) is 19.4 Å². The van der Waals surface area contributed by atoms with Gasteiger partial charge in [0.1, 0.15) is 0 Å². The highest BCUT2D eigenvalue weighted by Crippen LogP contribution is 1.73. The Bertz CT molecular complexity index is 103. The van der Waals surface area contributed by atoms with E-state index >= 15 is 0 Å². The molecule has 0 aliphatic heterocycles. The maximum Gasteiger partial charge on any atom is 0.369 e. The molecule has 0 amide bonds. The van der Waals surface area contributed by atoms with Crippen molar-refractivity contribution in [3.05, 3.63) is 0 Å². The zero-order chi connectivity index (χ0) is 7.11. The fourth-order valence-corrected chi connectivity index (χ4v) is 0.247. The topological polar surface area (TPSA) is 64.6 Å². The fourth-order valence-electron chi connectivity index (χ4n) is 0.247. The highest BCUT2D eigenvalue weighted by atomic mass is 17.2. The molecule has 0 aromatic rings. The van der Waals surface area contributed by atoms with E-state index in [4.69, 9.17) is 0 Å². The number of likely N-dealkylation sites (N-methyl/N-ethyl adjacent to an activating group) is 1. The first kappa shape index (κ1) is 7.90. The molecule has 0 radical (unpaired) electrons. The number of carbonyl (C=O) groups excluding carboxylic acids is 2. The zero-order valence-electron chi connectivity index (χ0n) is 4.92. The van der Waals surface area contributed by atoms with Crippen molar-refractivity contribution < 1.29 is 19.4 Å². The molecule has 0 rings (SSSR count). The quantitative estimate of drug-likeness (QED) is 0.297. The SMILES string of the molecule is CNCC(=O)OOC=O. The lowest BCUT2D eigenvalue weighted by Gasteiger charge is -1.95. The molecule has 0 fully saturated rings. The van der Waals surface area contributed by atoms with Crippen LogP contribution in [-0.4, -0.2) is 26.0 Å². The predicted molar refractivity (Wildman–Crippen MR) is 27.2 cm³/mol. The monoisotopic (exact) mass is 133 g/mol. The molecule has 0 aromatic carbocycles. The van der Waals surface area contributed by atoms with E-state index in [0.717, 1.165) is 0 Å². The van der Waals surface area contributed by atoms with Crippen LogP contribution < -0.4 is 5.32 Å². The molecule has 0 aliphatic rings. The maximum absolute atomic E-state index is 10.2. The van der Waals surface area contributed by atoms with Gasteiger partial charge in [0.05, 0.1) is 6.54 Å². The Kier molecular flexibility index (Phi) is 4.43. The van der Waals surface area contributed by atoms with Gasteiger partial charge in [-0.3, -0.25) is 9.68 Å². The van der Waals surface area contributed by atoms with E-state index in [0.29, 0.717) is 0 Å². The normalized spacial score (nSPS) is 8.11. The van der Waals surface area contributed by atoms with Gasteiger partial charge in [0.15, 0.2) is 0 Å². The largest absolute Gasteiger partial charge is 0.369 e. The van der Waals surface area contributed by atoms with Crippen LogP contribution in [0.3, 0.4) is 0 Å². The molecule has 0 atom stereocenters. The summed E-state index contributed by atoms with van der Waals surface area (Å²) >= 11 is 0. The van der Waals surface area contributed by atoms with E-state index in [9.17, 15) is 9.59 Å². The van der Waals surface area contributed by atoms with E-state index in [1.807, 2.05) is 0 Å². The minimum Gasteiger partial charge on any atom is -0.310 e. The minimum atomic E-state index is -0.635. The third-order valence-corrected chi connectivity index (χ3v) is 0.501. The summed E-state index contributed by atoms with van der Waals surface area (Å²) in [4.78, 5) is 27.2. The molecule has 5 nitrogen and oxygen atoms in total. The lowest BCUT2D eigenvalue weighted by Crippen LogP contribution is -2.20. The summed E-state index contributed by atoms with van der Waals surface area (Å²) in [5.41, 5.74) is 0. The van der Waals surface area contributed by atoms with Gasteiger partial charge in [-0.15, -0.1) is 0 Å². The second kappa shape index (κ2) is 5.04. The van der Waals surface area contributed by atoms with Crippen LogP contribution in [0.4, 0.5) is 0 Å². The van der Waals surface area contributed by atoms with Gasteiger partial charge in [-0.25, -0.2) is 9.68 Å². The first-order chi connectivity index (χ1) is 4.31. The van der Waals surface area contributed by atoms with Gasteiger partial charge in [-0.2, -0.15) is 0 Å². The van der Waals surface area contributed by atoms with Crippen molar-refractivity contribution in [2.75, 3.05) is 13.6 Å². The summed E-state index contributed by atoms with van der Waals surface area (Å²) in [7, 11) is 1.57. The van der Waals surface area contributed by atoms with Crippen LogP contribution in [0, 0.1) is 0 Å². The lowest BCUT2D eigenvalue weighted by atomic mass is 10.7. The summed E-state index contributed by atoms with van der Waals surface area (Å²) < 4.78 is 0. The maximum atomic E-state index is 10.2. The molecule has 0 bridgehead atoms. The molecular formula is C4H7NO4. The summed E-state index contributed by atoms with van der Waals surface area (Å²) in [5.74, 6) is -0.635. The summed E-state index contributed by atoms with van der Waals surface area (Å²) in [6, 6.07) is 0. The summed E-state index contributed by atoms with van der Waals surface area (Å²) in [6.45, 7) is 0.0569. The van der Waals surface area contributed by atoms with Crippen molar-refractivity contribution in [3.63, 3.8) is 0 Å². The third kappa shape index (κ3) is 4.76. The fraction of sp³-hybridized carbons (Fsp3) is 0.500. The van der Waals surface area contributed by atoms with Crippen molar-refractivity contribution in [1.82, 2.24) is 5.32 Å². The van der Waals surface area contributed by atoms with Crippen LogP contribution >= 0.6 is 0 Å². The summed E-state index contributed by atoms with van der Waals surface area (Å²) in [5, 5.41) is 2.51. The van der Waals surface area contributed by atoms with Gasteiger partial charge >= 0.3 is 12.4 Å². The van der Waals surface area contributed by atoms with Crippen LogP contribution in [0.1, 0.15) is 0 Å². The van der Waals surface area contributed by atoms with Crippen molar-refractivity contribution in [1.29, 1.82) is 0 Å². The van der Waals surface area contributed by atoms with Crippen molar-refractivity contribution in [2.45, 2.75) is 0 Å². The standard InChI is InChI=1S/C4H7NO4/c1-5-2-4(7)9-8-3-6/h3,5H,2H2,1H3. The van der Waals surface area contributed by atoms with Gasteiger partial charge < -0.3 is 5.32 Å². The Labute approximate surface area is 51.9 Å². The molecule has 0 saturated heterocycles. The van der Waals surface area contributed by atoms with Gasteiger partial charge in [-0.05, 0) is 7.05 Å². The Morgan fingerprint density at radius 3 is 2.89 bits per heavy atom. The van der Waals surface area contributed by atoms with E-state index in [1.165, 1.54) is 0 Å². The van der Waals surface area contributed by atoms with Gasteiger partial charge in [0.25, 0.3) is 0 Å². The molecular weight excluding hydrogens is 126 g/mol. The van der Waals surface area contributed by atoms with Crippen molar-refractivity contribution in [2.24, 2.45) is 0 Å². The first-order valence-electron chi connectivity index (χ1n) is 2.25. The molecule has 0 aliphatic carbocycles. The molecule has 9 heavy (non-hydrogen) atoms. The van der Waals surface area contributed by atoms with Crippen molar-refractivity contribution in [3.8, 4) is 0 Å². The molecule has 0 heterocycles. The number of nitrogens with one attached hydrogen (secondary N) is 1. The van der Waals surface area contributed by atoms with E-state index in [2.05, 4.69) is 15.1 Å². The predicted octanol–water partition coefficient (Wildman–Crippen LogP) is -1.16. The molecule has 0 saturated carbocycles. The second-order valence-electron chi connectivity index (χ2n) is 1.18. The van der Waals surface area contributed by atoms with Crippen LogP contribution in [0.15, 0.2) is 0 Å². The van der Waals surface area contributed by atoms with Crippen LogP contribution in [0.5, 0.6) is 0 Å². The molecule has 1 N–H and O–H groups in total. The Hall–Kier alpha value is -1.10.